The number of fused-ring (bicyclic) bond motifs is 1. The van der Waals surface area contributed by atoms with Crippen molar-refractivity contribution in [3.8, 4) is 5.75 Å². The molecule has 0 radical (unpaired) electrons. The quantitative estimate of drug-likeness (QED) is 0.166. The zero-order chi connectivity index (χ0) is 23.1. The Morgan fingerprint density at radius 1 is 0.970 bits per heavy atom. The van der Waals surface area contributed by atoms with Gasteiger partial charge in [-0.2, -0.15) is 5.10 Å². The summed E-state index contributed by atoms with van der Waals surface area (Å²) in [6.07, 6.45) is 0.601. The number of nitrogens with one attached hydrogen (secondary N) is 1. The number of nitro benzene ring substituents is 1. The molecule has 0 saturated heterocycles. The average Bonchev–Trinajstić information content (AvgIpc) is 2.65. The van der Waals surface area contributed by atoms with Crippen LogP contribution < -0.4 is 64.5 Å². The number of rotatable bonds is 5. The summed E-state index contributed by atoms with van der Waals surface area (Å²) in [7, 11) is -10.4. The van der Waals surface area contributed by atoms with Crippen molar-refractivity contribution in [1.82, 2.24) is 0 Å². The first-order chi connectivity index (χ1) is 14.3. The van der Waals surface area contributed by atoms with Gasteiger partial charge < -0.3 is 14.2 Å². The molecule has 3 rings (SSSR count). The first-order valence-corrected chi connectivity index (χ1v) is 10.7. The summed E-state index contributed by atoms with van der Waals surface area (Å²) in [5.41, 5.74) is 0.128. The number of phenolic OH excluding ortho intramolecular Hbond substituents is 1. The maximum absolute atomic E-state index is 12.7. The van der Waals surface area contributed by atoms with Crippen molar-refractivity contribution < 1.29 is 99.9 Å². The molecule has 0 unspecified atom stereocenters. The molecule has 0 bridgehead atoms. The number of hydrazone groups is 1. The van der Waals surface area contributed by atoms with Crippen LogP contribution in [-0.4, -0.2) is 47.5 Å². The molecule has 1 aliphatic carbocycles. The Morgan fingerprint density at radius 2 is 1.55 bits per heavy atom. The molecule has 0 atom stereocenters. The summed E-state index contributed by atoms with van der Waals surface area (Å²) in [5, 5.41) is 24.3. The molecule has 2 aromatic carbocycles. The normalized spacial score (nSPS) is 14.4. The number of non-ortho nitro benzene ring substituents is 1. The number of Topliss-reactive ketones (excluding diaryl/α,β-unsaturated/α-hetero) is 1. The van der Waals surface area contributed by atoms with Crippen LogP contribution in [0.2, 0.25) is 0 Å². The van der Waals surface area contributed by atoms with Crippen molar-refractivity contribution in [2.24, 2.45) is 5.10 Å². The minimum Gasteiger partial charge on any atom is -0.744 e. The van der Waals surface area contributed by atoms with E-state index in [2.05, 4.69) is 10.5 Å². The zero-order valence-electron chi connectivity index (χ0n) is 16.9. The van der Waals surface area contributed by atoms with Crippen LogP contribution in [0.3, 0.4) is 0 Å². The smallest absolute Gasteiger partial charge is 0.744 e. The van der Waals surface area contributed by atoms with E-state index in [0.717, 1.165) is 12.1 Å². The van der Waals surface area contributed by atoms with Gasteiger partial charge in [0, 0.05) is 12.1 Å². The van der Waals surface area contributed by atoms with Gasteiger partial charge in [-0.15, -0.1) is 0 Å². The first kappa shape index (κ1) is 29.4. The average molecular weight is 513 g/mol. The molecule has 33 heavy (non-hydrogen) atoms. The molecule has 0 heterocycles. The second-order valence-corrected chi connectivity index (χ2v) is 8.76. The largest absolute Gasteiger partial charge is 1.00 e. The minimum atomic E-state index is -5.31. The number of hydrogen-bond acceptors (Lipinski definition) is 12. The second kappa shape index (κ2) is 10.7. The Balaban J connectivity index is 0.00000272. The molecule has 0 aromatic heterocycles. The summed E-state index contributed by atoms with van der Waals surface area (Å²) < 4.78 is 68.5. The van der Waals surface area contributed by atoms with E-state index >= 15 is 0 Å². The molecule has 0 amide bonds. The van der Waals surface area contributed by atoms with E-state index in [9.17, 15) is 46.0 Å². The third kappa shape index (κ3) is 6.48. The fourth-order valence-electron chi connectivity index (χ4n) is 2.64. The summed E-state index contributed by atoms with van der Waals surface area (Å²) in [5.74, 6) is -2.19. The maximum Gasteiger partial charge on any atom is 1.00 e. The number of hydrogen-bond donors (Lipinski definition) is 2. The number of benzene rings is 2. The van der Waals surface area contributed by atoms with Crippen LogP contribution in [0.25, 0.3) is 6.08 Å². The van der Waals surface area contributed by atoms with E-state index in [4.69, 9.17) is 0 Å². The summed E-state index contributed by atoms with van der Waals surface area (Å²) in [4.78, 5) is 20.7. The molecule has 13 nitrogen and oxygen atoms in total. The van der Waals surface area contributed by atoms with Gasteiger partial charge in [0.1, 0.15) is 31.7 Å². The van der Waals surface area contributed by atoms with E-state index in [-0.39, 0.29) is 70.5 Å². The maximum atomic E-state index is 12.7. The summed E-state index contributed by atoms with van der Waals surface area (Å²) in [6, 6.07) is 5.73. The molecular formula is C16H9N3Na2O10S2. The molecule has 2 N–H and O–H groups in total. The molecule has 162 valence electrons. The second-order valence-electron chi connectivity index (χ2n) is 6.03. The Morgan fingerprint density at radius 3 is 2.03 bits per heavy atom. The van der Waals surface area contributed by atoms with E-state index in [0.29, 0.717) is 18.2 Å². The van der Waals surface area contributed by atoms with Gasteiger partial charge in [-0.25, -0.2) is 16.8 Å². The van der Waals surface area contributed by atoms with Crippen LogP contribution in [0, 0.1) is 10.1 Å². The fraction of sp³-hybridized carbons (Fsp3) is 0. The standard InChI is InChI=1S/C16H11N3O10S2.2Na/c20-12-7-11(30(24,25)26)5-8-6-13(31(27,28)29)15(16(21)14(8)12)18-17-9-1-3-10(4-2-9)19(22)23;;/h1-7,17,20H,(H,24,25,26)(H,27,28,29);;/q;2*+1/p-2/b18-15-;;. The SMILES string of the molecule is O=C1/C(=N\Nc2ccc([N+](=O)[O-])cc2)C(S(=O)(=O)[O-])=Cc2cc(S(=O)(=O)[O-])cc(O)c21.[Na+].[Na+]. The minimum absolute atomic E-state index is 0. The van der Waals surface area contributed by atoms with E-state index in [1.54, 1.807) is 0 Å². The molecule has 0 saturated carbocycles. The number of carbonyl (C=O) groups excluding carboxylic acids is 1. The van der Waals surface area contributed by atoms with Crippen LogP contribution in [-0.2, 0) is 20.2 Å². The number of aromatic hydroxyl groups is 1. The van der Waals surface area contributed by atoms with Crippen molar-refractivity contribution in [1.29, 1.82) is 0 Å². The Labute approximate surface area is 230 Å². The van der Waals surface area contributed by atoms with Crippen molar-refractivity contribution in [2.45, 2.75) is 4.90 Å². The van der Waals surface area contributed by atoms with Gasteiger partial charge in [0.05, 0.1) is 26.0 Å². The van der Waals surface area contributed by atoms with E-state index < -0.39 is 63.3 Å². The fourth-order valence-corrected chi connectivity index (χ4v) is 3.82. The van der Waals surface area contributed by atoms with Crippen molar-refractivity contribution >= 4 is 49.2 Å². The predicted octanol–water partition coefficient (Wildman–Crippen LogP) is -5.24. The number of phenols is 1. The number of carbonyl (C=O) groups is 1. The Kier molecular flexibility index (Phi) is 9.55. The Hall–Kier alpha value is -1.66. The monoisotopic (exact) mass is 513 g/mol. The molecular weight excluding hydrogens is 504 g/mol. The molecule has 1 aliphatic rings. The van der Waals surface area contributed by atoms with E-state index in [1.165, 1.54) is 12.1 Å². The van der Waals surface area contributed by atoms with Crippen LogP contribution >= 0.6 is 0 Å². The van der Waals surface area contributed by atoms with Crippen molar-refractivity contribution in [3.63, 3.8) is 0 Å². The van der Waals surface area contributed by atoms with Crippen molar-refractivity contribution in [2.75, 3.05) is 5.43 Å². The zero-order valence-corrected chi connectivity index (χ0v) is 22.5. The van der Waals surface area contributed by atoms with Gasteiger partial charge in [0.15, 0.2) is 0 Å². The number of allylic oxidation sites excluding steroid dienone is 1. The molecule has 0 fully saturated rings. The van der Waals surface area contributed by atoms with Gasteiger partial charge in [-0.3, -0.25) is 20.3 Å². The first-order valence-electron chi connectivity index (χ1n) is 7.93. The van der Waals surface area contributed by atoms with Crippen LogP contribution in [0.15, 0.2) is 51.3 Å². The van der Waals surface area contributed by atoms with Crippen LogP contribution in [0.1, 0.15) is 15.9 Å². The van der Waals surface area contributed by atoms with Gasteiger partial charge in [-0.05, 0) is 35.9 Å². The molecule has 2 aromatic rings. The Bertz CT molecular complexity index is 1400. The van der Waals surface area contributed by atoms with Gasteiger partial charge in [0.2, 0.25) is 5.78 Å². The molecule has 17 heteroatoms. The van der Waals surface area contributed by atoms with Crippen molar-refractivity contribution in [3.05, 3.63) is 62.5 Å². The topological polar surface area (TPSA) is 219 Å². The third-order valence-electron chi connectivity index (χ3n) is 4.02. The van der Waals surface area contributed by atoms with Gasteiger partial charge in [-0.1, -0.05) is 0 Å². The van der Waals surface area contributed by atoms with Gasteiger partial charge >= 0.3 is 59.1 Å². The van der Waals surface area contributed by atoms with E-state index in [1.807, 2.05) is 0 Å². The van der Waals surface area contributed by atoms with Crippen LogP contribution in [0.4, 0.5) is 11.4 Å². The van der Waals surface area contributed by atoms with Gasteiger partial charge in [0.25, 0.3) is 5.69 Å². The number of nitrogens with zero attached hydrogens (tertiary/aromatic N) is 2. The number of ketones is 1. The molecule has 0 aliphatic heterocycles. The van der Waals surface area contributed by atoms with Crippen LogP contribution in [0.5, 0.6) is 5.75 Å². The summed E-state index contributed by atoms with van der Waals surface area (Å²) in [6.45, 7) is 0. The third-order valence-corrected chi connectivity index (χ3v) is 5.68. The number of nitro groups is 1. The number of anilines is 1. The summed E-state index contributed by atoms with van der Waals surface area (Å²) >= 11 is 0. The molecule has 0 spiro atoms. The predicted molar refractivity (Wildman–Crippen MR) is 102 cm³/mol.